The SMILES string of the molecule is CCCOCCCCCCCCCCN=C=O. The number of aliphatic imine (C=N–C) groups is 1. The minimum Gasteiger partial charge on any atom is -0.381 e. The zero-order valence-corrected chi connectivity index (χ0v) is 11.2. The molecule has 0 heterocycles. The van der Waals surface area contributed by atoms with E-state index in [-0.39, 0.29) is 0 Å². The Morgan fingerprint density at radius 2 is 1.47 bits per heavy atom. The number of hydrogen-bond donors (Lipinski definition) is 0. The van der Waals surface area contributed by atoms with E-state index in [1.165, 1.54) is 44.9 Å². The number of hydrogen-bond acceptors (Lipinski definition) is 3. The van der Waals surface area contributed by atoms with Crippen molar-refractivity contribution in [3.63, 3.8) is 0 Å². The lowest BCUT2D eigenvalue weighted by atomic mass is 10.1. The average molecular weight is 241 g/mol. The summed E-state index contributed by atoms with van der Waals surface area (Å²) >= 11 is 0. The second-order valence-corrected chi connectivity index (χ2v) is 4.41. The van der Waals surface area contributed by atoms with Crippen LogP contribution in [0.1, 0.15) is 64.7 Å². The fourth-order valence-electron chi connectivity index (χ4n) is 1.75. The van der Waals surface area contributed by atoms with Crippen molar-refractivity contribution in [2.45, 2.75) is 64.7 Å². The van der Waals surface area contributed by atoms with Crippen LogP contribution in [0.5, 0.6) is 0 Å². The van der Waals surface area contributed by atoms with Crippen LogP contribution >= 0.6 is 0 Å². The van der Waals surface area contributed by atoms with Crippen molar-refractivity contribution >= 4 is 6.08 Å². The number of unbranched alkanes of at least 4 members (excludes halogenated alkanes) is 7. The molecule has 100 valence electrons. The summed E-state index contributed by atoms with van der Waals surface area (Å²) in [4.78, 5) is 13.3. The van der Waals surface area contributed by atoms with Crippen molar-refractivity contribution in [2.24, 2.45) is 4.99 Å². The molecule has 0 aliphatic carbocycles. The summed E-state index contributed by atoms with van der Waals surface area (Å²) in [6.45, 7) is 4.62. The summed E-state index contributed by atoms with van der Waals surface area (Å²) in [5.74, 6) is 0. The first-order valence-corrected chi connectivity index (χ1v) is 7.03. The zero-order valence-electron chi connectivity index (χ0n) is 11.2. The Morgan fingerprint density at radius 1 is 0.882 bits per heavy atom. The fourth-order valence-corrected chi connectivity index (χ4v) is 1.75. The molecule has 0 radical (unpaired) electrons. The molecular weight excluding hydrogens is 214 g/mol. The van der Waals surface area contributed by atoms with Gasteiger partial charge in [0.15, 0.2) is 0 Å². The monoisotopic (exact) mass is 241 g/mol. The lowest BCUT2D eigenvalue weighted by Crippen LogP contribution is -1.95. The third-order valence-corrected chi connectivity index (χ3v) is 2.72. The lowest BCUT2D eigenvalue weighted by molar-refractivity contribution is 0.130. The maximum atomic E-state index is 9.80. The van der Waals surface area contributed by atoms with Crippen LogP contribution in [0.15, 0.2) is 4.99 Å². The maximum Gasteiger partial charge on any atom is 0.234 e. The molecule has 0 unspecified atom stereocenters. The van der Waals surface area contributed by atoms with E-state index in [1.807, 2.05) is 0 Å². The zero-order chi connectivity index (χ0) is 12.6. The number of carbonyl (C=O) groups excluding carboxylic acids is 1. The Bertz CT molecular complexity index is 189. The average Bonchev–Trinajstić information content (AvgIpc) is 2.35. The normalized spacial score (nSPS) is 10.2. The summed E-state index contributed by atoms with van der Waals surface area (Å²) < 4.78 is 5.42. The van der Waals surface area contributed by atoms with Crippen LogP contribution in [0.2, 0.25) is 0 Å². The van der Waals surface area contributed by atoms with Crippen molar-refractivity contribution in [3.05, 3.63) is 0 Å². The Hall–Kier alpha value is -0.660. The van der Waals surface area contributed by atoms with Gasteiger partial charge < -0.3 is 4.74 Å². The summed E-state index contributed by atoms with van der Waals surface area (Å²) in [7, 11) is 0. The summed E-state index contributed by atoms with van der Waals surface area (Å²) in [6.07, 6.45) is 12.6. The van der Waals surface area contributed by atoms with Gasteiger partial charge >= 0.3 is 0 Å². The molecule has 0 atom stereocenters. The Labute approximate surface area is 106 Å². The second kappa shape index (κ2) is 15.3. The quantitative estimate of drug-likeness (QED) is 0.279. The molecular formula is C14H27NO2. The molecule has 0 aromatic rings. The molecule has 0 aromatic carbocycles. The standard InChI is InChI=1S/C14H27NO2/c1-2-12-17-13-10-8-6-4-3-5-7-9-11-15-14-16/h2-13H2,1H3. The highest BCUT2D eigenvalue weighted by atomic mass is 16.5. The third kappa shape index (κ3) is 15.3. The van der Waals surface area contributed by atoms with Gasteiger partial charge in [0.05, 0.1) is 6.54 Å². The first kappa shape index (κ1) is 16.3. The first-order valence-electron chi connectivity index (χ1n) is 7.03. The van der Waals surface area contributed by atoms with Gasteiger partial charge in [-0.25, -0.2) is 9.79 Å². The van der Waals surface area contributed by atoms with Gasteiger partial charge in [0.25, 0.3) is 0 Å². The fraction of sp³-hybridized carbons (Fsp3) is 0.929. The predicted octanol–water partition coefficient (Wildman–Crippen LogP) is 3.87. The van der Waals surface area contributed by atoms with Crippen LogP contribution in [0.3, 0.4) is 0 Å². The molecule has 3 nitrogen and oxygen atoms in total. The van der Waals surface area contributed by atoms with Gasteiger partial charge in [0.1, 0.15) is 0 Å². The Balaban J connectivity index is 2.91. The molecule has 0 saturated heterocycles. The van der Waals surface area contributed by atoms with E-state index in [0.717, 1.165) is 26.1 Å². The van der Waals surface area contributed by atoms with Crippen molar-refractivity contribution < 1.29 is 9.53 Å². The van der Waals surface area contributed by atoms with Crippen LogP contribution in [-0.2, 0) is 9.53 Å². The number of ether oxygens (including phenoxy) is 1. The van der Waals surface area contributed by atoms with Gasteiger partial charge in [-0.1, -0.05) is 45.4 Å². The molecule has 0 aliphatic heterocycles. The highest BCUT2D eigenvalue weighted by molar-refractivity contribution is 5.32. The smallest absolute Gasteiger partial charge is 0.234 e. The molecule has 0 bridgehead atoms. The molecule has 0 spiro atoms. The maximum absolute atomic E-state index is 9.80. The summed E-state index contributed by atoms with van der Waals surface area (Å²) in [6, 6.07) is 0. The van der Waals surface area contributed by atoms with Crippen molar-refractivity contribution in [1.29, 1.82) is 0 Å². The van der Waals surface area contributed by atoms with Gasteiger partial charge in [-0.15, -0.1) is 0 Å². The molecule has 0 rings (SSSR count). The largest absolute Gasteiger partial charge is 0.381 e. The highest BCUT2D eigenvalue weighted by Gasteiger charge is 1.92. The van der Waals surface area contributed by atoms with Gasteiger partial charge in [0.2, 0.25) is 6.08 Å². The van der Waals surface area contributed by atoms with Gasteiger partial charge in [-0.3, -0.25) is 0 Å². The first-order chi connectivity index (χ1) is 8.41. The molecule has 0 aromatic heterocycles. The van der Waals surface area contributed by atoms with E-state index >= 15 is 0 Å². The minimum atomic E-state index is 0.651. The Morgan fingerprint density at radius 3 is 2.06 bits per heavy atom. The van der Waals surface area contributed by atoms with E-state index in [4.69, 9.17) is 4.74 Å². The van der Waals surface area contributed by atoms with Gasteiger partial charge in [0, 0.05) is 13.2 Å². The van der Waals surface area contributed by atoms with E-state index in [2.05, 4.69) is 11.9 Å². The summed E-state index contributed by atoms with van der Waals surface area (Å²) in [5.41, 5.74) is 0. The second-order valence-electron chi connectivity index (χ2n) is 4.41. The molecule has 0 N–H and O–H groups in total. The van der Waals surface area contributed by atoms with E-state index < -0.39 is 0 Å². The Kier molecular flexibility index (Phi) is 14.7. The van der Waals surface area contributed by atoms with Crippen LogP contribution in [0, 0.1) is 0 Å². The predicted molar refractivity (Wildman–Crippen MR) is 71.0 cm³/mol. The molecule has 0 saturated carbocycles. The molecule has 17 heavy (non-hydrogen) atoms. The van der Waals surface area contributed by atoms with Crippen LogP contribution in [-0.4, -0.2) is 25.8 Å². The van der Waals surface area contributed by atoms with E-state index in [0.29, 0.717) is 6.54 Å². The van der Waals surface area contributed by atoms with E-state index in [1.54, 1.807) is 6.08 Å². The van der Waals surface area contributed by atoms with Crippen molar-refractivity contribution in [1.82, 2.24) is 0 Å². The van der Waals surface area contributed by atoms with E-state index in [9.17, 15) is 4.79 Å². The molecule has 0 fully saturated rings. The van der Waals surface area contributed by atoms with Crippen LogP contribution < -0.4 is 0 Å². The summed E-state index contributed by atoms with van der Waals surface area (Å²) in [5, 5.41) is 0. The molecule has 0 amide bonds. The number of rotatable bonds is 13. The molecule has 0 aliphatic rings. The van der Waals surface area contributed by atoms with Crippen molar-refractivity contribution in [3.8, 4) is 0 Å². The van der Waals surface area contributed by atoms with Crippen LogP contribution in [0.25, 0.3) is 0 Å². The number of isocyanates is 1. The van der Waals surface area contributed by atoms with Crippen LogP contribution in [0.4, 0.5) is 0 Å². The highest BCUT2D eigenvalue weighted by Crippen LogP contribution is 2.08. The minimum absolute atomic E-state index is 0.651. The topological polar surface area (TPSA) is 38.7 Å². The third-order valence-electron chi connectivity index (χ3n) is 2.72. The van der Waals surface area contributed by atoms with Gasteiger partial charge in [-0.05, 0) is 19.3 Å². The van der Waals surface area contributed by atoms with Gasteiger partial charge in [-0.2, -0.15) is 0 Å². The molecule has 3 heteroatoms. The number of nitrogens with zero attached hydrogens (tertiary/aromatic N) is 1. The lowest BCUT2D eigenvalue weighted by Gasteiger charge is -2.03. The van der Waals surface area contributed by atoms with Crippen molar-refractivity contribution in [2.75, 3.05) is 19.8 Å².